The van der Waals surface area contributed by atoms with Crippen LogP contribution in [0.5, 0.6) is 0 Å². The fourth-order valence-electron chi connectivity index (χ4n) is 3.01. The molecular weight excluding hydrogens is 388 g/mol. The smallest absolute Gasteiger partial charge is 0.259 e. The molecule has 0 unspecified atom stereocenters. The third-order valence-corrected chi connectivity index (χ3v) is 5.30. The zero-order valence-corrected chi connectivity index (χ0v) is 16.9. The van der Waals surface area contributed by atoms with E-state index in [0.717, 1.165) is 4.88 Å². The van der Waals surface area contributed by atoms with Crippen LogP contribution in [0, 0.1) is 6.92 Å². The Bertz CT molecular complexity index is 1210. The molecule has 29 heavy (non-hydrogen) atoms. The average Bonchev–Trinajstić information content (AvgIpc) is 3.37. The van der Waals surface area contributed by atoms with Crippen LogP contribution in [0.25, 0.3) is 21.7 Å². The van der Waals surface area contributed by atoms with Gasteiger partial charge in [-0.05, 0) is 42.6 Å². The van der Waals surface area contributed by atoms with Gasteiger partial charge in [-0.15, -0.1) is 11.3 Å². The molecule has 3 aromatic heterocycles. The second-order valence-electron chi connectivity index (χ2n) is 6.72. The highest BCUT2D eigenvalue weighted by atomic mass is 32.1. The van der Waals surface area contributed by atoms with Crippen LogP contribution in [0.4, 0.5) is 5.69 Å². The summed E-state index contributed by atoms with van der Waals surface area (Å²) in [6.45, 7) is 1.77. The van der Waals surface area contributed by atoms with Crippen molar-refractivity contribution in [2.24, 2.45) is 0 Å². The Balaban J connectivity index is 1.73. The third kappa shape index (κ3) is 3.62. The molecule has 1 aromatic carbocycles. The number of anilines is 1. The van der Waals surface area contributed by atoms with Gasteiger partial charge in [-0.3, -0.25) is 9.59 Å². The summed E-state index contributed by atoms with van der Waals surface area (Å²) < 4.78 is 5.32. The minimum Gasteiger partial charge on any atom is -0.345 e. The molecular formula is C21H18N4O3S. The SMILES string of the molecule is Cc1noc2nc(-c3cccs3)cc(C(=O)Nc3cccc(C(=O)N(C)C)c3)c12. The van der Waals surface area contributed by atoms with Crippen LogP contribution in [0.15, 0.2) is 52.4 Å². The van der Waals surface area contributed by atoms with Crippen LogP contribution in [0.2, 0.25) is 0 Å². The summed E-state index contributed by atoms with van der Waals surface area (Å²) >= 11 is 1.53. The van der Waals surface area contributed by atoms with Crippen molar-refractivity contribution in [1.29, 1.82) is 0 Å². The van der Waals surface area contributed by atoms with Gasteiger partial charge in [0.2, 0.25) is 0 Å². The summed E-state index contributed by atoms with van der Waals surface area (Å²) in [6, 6.07) is 12.4. The first-order valence-electron chi connectivity index (χ1n) is 8.88. The van der Waals surface area contributed by atoms with E-state index in [9.17, 15) is 9.59 Å². The number of thiophene rings is 1. The monoisotopic (exact) mass is 406 g/mol. The van der Waals surface area contributed by atoms with E-state index in [1.807, 2.05) is 17.5 Å². The molecule has 0 saturated heterocycles. The Labute approximate surface area is 171 Å². The number of aromatic nitrogens is 2. The van der Waals surface area contributed by atoms with Gasteiger partial charge < -0.3 is 14.7 Å². The predicted molar refractivity (Wildman–Crippen MR) is 112 cm³/mol. The van der Waals surface area contributed by atoms with E-state index in [2.05, 4.69) is 15.5 Å². The summed E-state index contributed by atoms with van der Waals surface area (Å²) in [7, 11) is 3.37. The van der Waals surface area contributed by atoms with Gasteiger partial charge in [-0.25, -0.2) is 4.98 Å². The molecule has 0 atom stereocenters. The third-order valence-electron chi connectivity index (χ3n) is 4.41. The zero-order valence-electron chi connectivity index (χ0n) is 16.1. The number of hydrogen-bond acceptors (Lipinski definition) is 6. The fraction of sp³-hybridized carbons (Fsp3) is 0.143. The molecule has 0 aliphatic carbocycles. The van der Waals surface area contributed by atoms with E-state index in [4.69, 9.17) is 4.52 Å². The Morgan fingerprint density at radius 3 is 2.69 bits per heavy atom. The Morgan fingerprint density at radius 1 is 1.14 bits per heavy atom. The molecule has 4 aromatic rings. The van der Waals surface area contributed by atoms with E-state index in [1.165, 1.54) is 16.2 Å². The maximum absolute atomic E-state index is 13.1. The Kier molecular flexibility index (Phi) is 4.85. The van der Waals surface area contributed by atoms with E-state index < -0.39 is 0 Å². The summed E-state index contributed by atoms with van der Waals surface area (Å²) in [5.74, 6) is -0.460. The molecule has 0 radical (unpaired) electrons. The van der Waals surface area contributed by atoms with Crippen molar-refractivity contribution >= 4 is 39.9 Å². The predicted octanol–water partition coefficient (Wildman–Crippen LogP) is 4.21. The van der Waals surface area contributed by atoms with Crippen LogP contribution in [-0.2, 0) is 0 Å². The molecule has 0 aliphatic rings. The molecule has 0 aliphatic heterocycles. The molecule has 3 heterocycles. The fourth-order valence-corrected chi connectivity index (χ4v) is 3.70. The first-order chi connectivity index (χ1) is 13.9. The lowest BCUT2D eigenvalue weighted by Crippen LogP contribution is -2.22. The number of carbonyl (C=O) groups excluding carboxylic acids is 2. The standard InChI is InChI=1S/C21H18N4O3S/c1-12-18-15(11-16(17-8-5-9-29-17)23-20(18)28-24-12)19(26)22-14-7-4-6-13(10-14)21(27)25(2)3/h4-11H,1-3H3,(H,22,26). The van der Waals surface area contributed by atoms with Crippen molar-refractivity contribution in [3.63, 3.8) is 0 Å². The lowest BCUT2D eigenvalue weighted by Gasteiger charge is -2.12. The second kappa shape index (κ2) is 7.48. The van der Waals surface area contributed by atoms with E-state index in [-0.39, 0.29) is 11.8 Å². The number of hydrogen-bond donors (Lipinski definition) is 1. The summed E-state index contributed by atoms with van der Waals surface area (Å²) in [5, 5.41) is 9.35. The van der Waals surface area contributed by atoms with E-state index in [1.54, 1.807) is 51.4 Å². The molecule has 1 N–H and O–H groups in total. The molecule has 2 amide bonds. The highest BCUT2D eigenvalue weighted by molar-refractivity contribution is 7.13. The Morgan fingerprint density at radius 2 is 1.97 bits per heavy atom. The van der Waals surface area contributed by atoms with Crippen LogP contribution >= 0.6 is 11.3 Å². The lowest BCUT2D eigenvalue weighted by molar-refractivity contribution is 0.0827. The summed E-state index contributed by atoms with van der Waals surface area (Å²) in [5.41, 5.74) is 2.99. The normalized spacial score (nSPS) is 10.9. The lowest BCUT2D eigenvalue weighted by atomic mass is 10.1. The molecule has 0 bridgehead atoms. The quantitative estimate of drug-likeness (QED) is 0.548. The number of pyridine rings is 1. The van der Waals surface area contributed by atoms with Gasteiger partial charge in [0.25, 0.3) is 17.5 Å². The van der Waals surface area contributed by atoms with E-state index in [0.29, 0.717) is 39.3 Å². The number of nitrogens with zero attached hydrogens (tertiary/aromatic N) is 3. The van der Waals surface area contributed by atoms with Gasteiger partial charge in [0.1, 0.15) is 0 Å². The maximum Gasteiger partial charge on any atom is 0.259 e. The molecule has 4 rings (SSSR count). The maximum atomic E-state index is 13.1. The zero-order chi connectivity index (χ0) is 20.5. The summed E-state index contributed by atoms with van der Waals surface area (Å²) in [6.07, 6.45) is 0. The van der Waals surface area contributed by atoms with Crippen molar-refractivity contribution in [1.82, 2.24) is 15.0 Å². The molecule has 146 valence electrons. The van der Waals surface area contributed by atoms with Gasteiger partial charge in [-0.2, -0.15) is 0 Å². The number of rotatable bonds is 4. The highest BCUT2D eigenvalue weighted by Crippen LogP contribution is 2.30. The average molecular weight is 406 g/mol. The molecule has 8 heteroatoms. The first-order valence-corrected chi connectivity index (χ1v) is 9.76. The number of nitrogens with one attached hydrogen (secondary N) is 1. The molecule has 7 nitrogen and oxygen atoms in total. The minimum absolute atomic E-state index is 0.137. The summed E-state index contributed by atoms with van der Waals surface area (Å²) in [4.78, 5) is 32.2. The van der Waals surface area contributed by atoms with Crippen molar-refractivity contribution in [2.75, 3.05) is 19.4 Å². The number of amides is 2. The van der Waals surface area contributed by atoms with Crippen LogP contribution < -0.4 is 5.32 Å². The van der Waals surface area contributed by atoms with Crippen LogP contribution in [-0.4, -0.2) is 41.0 Å². The van der Waals surface area contributed by atoms with Crippen LogP contribution in [0.3, 0.4) is 0 Å². The molecule has 0 spiro atoms. The second-order valence-corrected chi connectivity index (χ2v) is 7.66. The molecule has 0 fully saturated rings. The van der Waals surface area contributed by atoms with Crippen molar-refractivity contribution in [3.8, 4) is 10.6 Å². The van der Waals surface area contributed by atoms with Gasteiger partial charge in [0, 0.05) is 25.3 Å². The largest absolute Gasteiger partial charge is 0.345 e. The van der Waals surface area contributed by atoms with E-state index >= 15 is 0 Å². The molecule has 0 saturated carbocycles. The van der Waals surface area contributed by atoms with Gasteiger partial charge in [0.15, 0.2) is 0 Å². The van der Waals surface area contributed by atoms with Gasteiger partial charge in [0.05, 0.1) is 27.2 Å². The van der Waals surface area contributed by atoms with Gasteiger partial charge >= 0.3 is 0 Å². The number of benzene rings is 1. The topological polar surface area (TPSA) is 88.3 Å². The Hall–Kier alpha value is -3.52. The number of carbonyl (C=O) groups is 2. The van der Waals surface area contributed by atoms with Crippen LogP contribution in [0.1, 0.15) is 26.4 Å². The first kappa shape index (κ1) is 18.8. The van der Waals surface area contributed by atoms with Gasteiger partial charge in [-0.1, -0.05) is 17.3 Å². The van der Waals surface area contributed by atoms with Crippen molar-refractivity contribution in [3.05, 3.63) is 64.7 Å². The highest BCUT2D eigenvalue weighted by Gasteiger charge is 2.20. The van der Waals surface area contributed by atoms with Crippen molar-refractivity contribution in [2.45, 2.75) is 6.92 Å². The number of fused-ring (bicyclic) bond motifs is 1. The number of aryl methyl sites for hydroxylation is 1. The minimum atomic E-state index is -0.323. The van der Waals surface area contributed by atoms with Crippen molar-refractivity contribution < 1.29 is 14.1 Å².